The molecule has 0 aliphatic carbocycles. The molecule has 24 heavy (non-hydrogen) atoms. The molecule has 0 radical (unpaired) electrons. The Labute approximate surface area is 155 Å². The number of phenols is 1. The van der Waals surface area contributed by atoms with Crippen molar-refractivity contribution in [2.24, 2.45) is 0 Å². The highest BCUT2D eigenvalue weighted by molar-refractivity contribution is 9.11. The van der Waals surface area contributed by atoms with Crippen LogP contribution in [0, 0.1) is 0 Å². The third-order valence-electron chi connectivity index (χ3n) is 3.47. The molecule has 0 saturated heterocycles. The molecule has 2 amide bonds. The van der Waals surface area contributed by atoms with Gasteiger partial charge in [0.05, 0.1) is 8.95 Å². The predicted octanol–water partition coefficient (Wildman–Crippen LogP) is 4.37. The van der Waals surface area contributed by atoms with E-state index in [0.717, 1.165) is 5.56 Å². The second kappa shape index (κ2) is 6.41. The molecular weight excluding hydrogens is 440 g/mol. The maximum atomic E-state index is 12.3. The molecule has 0 aromatic heterocycles. The van der Waals surface area contributed by atoms with Gasteiger partial charge in [-0.15, -0.1) is 0 Å². The number of anilines is 2. The molecule has 0 unspecified atom stereocenters. The molecule has 0 fully saturated rings. The molecule has 0 atom stereocenters. The molecule has 1 heterocycles. The summed E-state index contributed by atoms with van der Waals surface area (Å²) in [6, 6.07) is 8.68. The summed E-state index contributed by atoms with van der Waals surface area (Å²) in [7, 11) is 0. The van der Waals surface area contributed by atoms with E-state index in [4.69, 9.17) is 0 Å². The number of rotatable bonds is 2. The molecular formula is C17H12Br2N2O3. The van der Waals surface area contributed by atoms with Crippen LogP contribution in [0.4, 0.5) is 11.4 Å². The first kappa shape index (κ1) is 16.7. The van der Waals surface area contributed by atoms with Crippen molar-refractivity contribution in [2.75, 3.05) is 10.6 Å². The minimum atomic E-state index is -0.217. The molecule has 2 aromatic rings. The lowest BCUT2D eigenvalue weighted by atomic mass is 10.0. The van der Waals surface area contributed by atoms with Crippen LogP contribution in [0.1, 0.15) is 18.1 Å². The van der Waals surface area contributed by atoms with E-state index in [2.05, 4.69) is 42.5 Å². The van der Waals surface area contributed by atoms with Crippen molar-refractivity contribution in [3.05, 3.63) is 50.4 Å². The zero-order chi connectivity index (χ0) is 17.4. The topological polar surface area (TPSA) is 78.4 Å². The number of hydrogen-bond acceptors (Lipinski definition) is 3. The lowest BCUT2D eigenvalue weighted by Gasteiger charge is -2.06. The normalized spacial score (nSPS) is 14.5. The molecule has 0 saturated carbocycles. The molecule has 3 rings (SSSR count). The van der Waals surface area contributed by atoms with E-state index in [1.165, 1.54) is 6.92 Å². The number of phenolic OH excluding ortho intramolecular Hbond substituents is 1. The van der Waals surface area contributed by atoms with Crippen LogP contribution in [-0.2, 0) is 9.59 Å². The van der Waals surface area contributed by atoms with Crippen LogP contribution >= 0.6 is 31.9 Å². The van der Waals surface area contributed by atoms with Crippen molar-refractivity contribution in [3.63, 3.8) is 0 Å². The molecule has 5 nitrogen and oxygen atoms in total. The Morgan fingerprint density at radius 3 is 2.50 bits per heavy atom. The Morgan fingerprint density at radius 1 is 1.21 bits per heavy atom. The van der Waals surface area contributed by atoms with Gasteiger partial charge in [-0.2, -0.15) is 0 Å². The Bertz CT molecular complexity index is 884. The van der Waals surface area contributed by atoms with Crippen molar-refractivity contribution in [1.82, 2.24) is 0 Å². The smallest absolute Gasteiger partial charge is 0.256 e. The van der Waals surface area contributed by atoms with Crippen LogP contribution in [0.5, 0.6) is 5.75 Å². The maximum absolute atomic E-state index is 12.3. The highest BCUT2D eigenvalue weighted by atomic mass is 79.9. The minimum absolute atomic E-state index is 0.0985. The minimum Gasteiger partial charge on any atom is -0.506 e. The summed E-state index contributed by atoms with van der Waals surface area (Å²) in [5, 5.41) is 15.3. The molecule has 122 valence electrons. The number of nitrogens with one attached hydrogen (secondary N) is 2. The fourth-order valence-corrected chi connectivity index (χ4v) is 3.67. The Balaban J connectivity index is 2.07. The summed E-state index contributed by atoms with van der Waals surface area (Å²) in [5.74, 6) is -0.296. The summed E-state index contributed by atoms with van der Waals surface area (Å²) in [6.07, 6.45) is 1.73. The van der Waals surface area contributed by atoms with Gasteiger partial charge in [-0.25, -0.2) is 0 Å². The Hall–Kier alpha value is -2.12. The van der Waals surface area contributed by atoms with Gasteiger partial charge in [0.25, 0.3) is 5.91 Å². The highest BCUT2D eigenvalue weighted by Crippen LogP contribution is 2.38. The number of aromatic hydroxyl groups is 1. The van der Waals surface area contributed by atoms with Gasteiger partial charge in [0, 0.05) is 29.4 Å². The summed E-state index contributed by atoms with van der Waals surface area (Å²) in [4.78, 5) is 23.5. The lowest BCUT2D eigenvalue weighted by molar-refractivity contribution is -0.114. The summed E-state index contributed by atoms with van der Waals surface area (Å²) in [5.41, 5.74) is 3.26. The van der Waals surface area contributed by atoms with Gasteiger partial charge in [-0.05, 0) is 73.8 Å². The Kier molecular flexibility index (Phi) is 4.47. The van der Waals surface area contributed by atoms with Crippen LogP contribution in [0.25, 0.3) is 11.6 Å². The fourth-order valence-electron chi connectivity index (χ4n) is 2.45. The van der Waals surface area contributed by atoms with Crippen LogP contribution in [0.15, 0.2) is 39.3 Å². The SMILES string of the molecule is CC(=O)Nc1ccc2c(c1)C(=Cc1cc(Br)c(O)c(Br)c1)C(=O)N2. The summed E-state index contributed by atoms with van der Waals surface area (Å²) < 4.78 is 1.05. The van der Waals surface area contributed by atoms with E-state index in [1.54, 1.807) is 36.4 Å². The van der Waals surface area contributed by atoms with E-state index >= 15 is 0 Å². The number of hydrogen-bond donors (Lipinski definition) is 3. The second-order valence-electron chi connectivity index (χ2n) is 5.29. The quantitative estimate of drug-likeness (QED) is 0.593. The number of halogens is 2. The average molecular weight is 452 g/mol. The van der Waals surface area contributed by atoms with Crippen molar-refractivity contribution < 1.29 is 14.7 Å². The van der Waals surface area contributed by atoms with Gasteiger partial charge < -0.3 is 15.7 Å². The zero-order valence-electron chi connectivity index (χ0n) is 12.5. The van der Waals surface area contributed by atoms with Crippen molar-refractivity contribution in [3.8, 4) is 5.75 Å². The van der Waals surface area contributed by atoms with E-state index < -0.39 is 0 Å². The summed E-state index contributed by atoms with van der Waals surface area (Å²) >= 11 is 6.55. The van der Waals surface area contributed by atoms with Gasteiger partial charge in [-0.3, -0.25) is 9.59 Å². The first-order chi connectivity index (χ1) is 11.3. The van der Waals surface area contributed by atoms with Gasteiger partial charge in [0.2, 0.25) is 5.91 Å². The second-order valence-corrected chi connectivity index (χ2v) is 7.00. The molecule has 1 aliphatic rings. The maximum Gasteiger partial charge on any atom is 0.256 e. The van der Waals surface area contributed by atoms with Crippen molar-refractivity contribution in [2.45, 2.75) is 6.92 Å². The molecule has 7 heteroatoms. The number of carbonyl (C=O) groups is 2. The Morgan fingerprint density at radius 2 is 1.88 bits per heavy atom. The van der Waals surface area contributed by atoms with Crippen LogP contribution in [0.2, 0.25) is 0 Å². The standard InChI is InChI=1S/C17H12Br2N2O3/c1-8(22)20-10-2-3-15-11(7-10)12(17(24)21-15)4-9-5-13(18)16(23)14(19)6-9/h2-7,23H,1H3,(H,20,22)(H,21,24). The van der Waals surface area contributed by atoms with Gasteiger partial charge in [0.15, 0.2) is 0 Å². The van der Waals surface area contributed by atoms with Gasteiger partial charge in [0.1, 0.15) is 5.75 Å². The fraction of sp³-hybridized carbons (Fsp3) is 0.0588. The number of fused-ring (bicyclic) bond motifs is 1. The third kappa shape index (κ3) is 3.22. The van der Waals surface area contributed by atoms with E-state index in [0.29, 0.717) is 31.5 Å². The average Bonchev–Trinajstić information content (AvgIpc) is 2.80. The highest BCUT2D eigenvalue weighted by Gasteiger charge is 2.24. The number of amides is 2. The lowest BCUT2D eigenvalue weighted by Crippen LogP contribution is -2.05. The molecule has 0 spiro atoms. The first-order valence-electron chi connectivity index (χ1n) is 6.98. The number of carbonyl (C=O) groups excluding carboxylic acids is 2. The van der Waals surface area contributed by atoms with E-state index in [9.17, 15) is 14.7 Å². The molecule has 3 N–H and O–H groups in total. The monoisotopic (exact) mass is 450 g/mol. The van der Waals surface area contributed by atoms with Crippen molar-refractivity contribution in [1.29, 1.82) is 0 Å². The molecule has 1 aliphatic heterocycles. The number of benzene rings is 2. The zero-order valence-corrected chi connectivity index (χ0v) is 15.7. The van der Waals surface area contributed by atoms with E-state index in [1.807, 2.05) is 0 Å². The van der Waals surface area contributed by atoms with Crippen LogP contribution in [-0.4, -0.2) is 16.9 Å². The van der Waals surface area contributed by atoms with Gasteiger partial charge in [-0.1, -0.05) is 0 Å². The van der Waals surface area contributed by atoms with E-state index in [-0.39, 0.29) is 17.6 Å². The van der Waals surface area contributed by atoms with Crippen molar-refractivity contribution >= 4 is 66.7 Å². The predicted molar refractivity (Wildman–Crippen MR) is 101 cm³/mol. The van der Waals surface area contributed by atoms with Crippen LogP contribution < -0.4 is 10.6 Å². The molecule has 0 bridgehead atoms. The van der Waals surface area contributed by atoms with Crippen LogP contribution in [0.3, 0.4) is 0 Å². The van der Waals surface area contributed by atoms with Gasteiger partial charge >= 0.3 is 0 Å². The summed E-state index contributed by atoms with van der Waals surface area (Å²) in [6.45, 7) is 1.43. The first-order valence-corrected chi connectivity index (χ1v) is 8.57. The largest absolute Gasteiger partial charge is 0.506 e. The third-order valence-corrected chi connectivity index (χ3v) is 4.68. The molecule has 2 aromatic carbocycles.